The van der Waals surface area contributed by atoms with E-state index in [0.29, 0.717) is 22.5 Å². The van der Waals surface area contributed by atoms with Crippen molar-refractivity contribution < 1.29 is 4.79 Å². The molecule has 1 aliphatic rings. The Kier molecular flexibility index (Phi) is 7.01. The summed E-state index contributed by atoms with van der Waals surface area (Å²) in [5.41, 5.74) is 1.78. The Morgan fingerprint density at radius 1 is 1.06 bits per heavy atom. The summed E-state index contributed by atoms with van der Waals surface area (Å²) < 4.78 is 0. The van der Waals surface area contributed by atoms with Gasteiger partial charge in [-0.15, -0.1) is 0 Å². The SMILES string of the molecule is CN(C)c1nc(N[C@H]2CC[C@@H](C(=O)NCc3ccc(Cl)cc3Cl)CC2)nc2ccccc12. The Balaban J connectivity index is 1.33. The summed E-state index contributed by atoms with van der Waals surface area (Å²) in [5.74, 6) is 1.62. The summed E-state index contributed by atoms with van der Waals surface area (Å²) in [6.07, 6.45) is 3.44. The molecule has 1 fully saturated rings. The number of hydrogen-bond donors (Lipinski definition) is 2. The van der Waals surface area contributed by atoms with Gasteiger partial charge in [0.15, 0.2) is 0 Å². The van der Waals surface area contributed by atoms with Crippen molar-refractivity contribution in [3.63, 3.8) is 0 Å². The lowest BCUT2D eigenvalue weighted by Crippen LogP contribution is -2.36. The van der Waals surface area contributed by atoms with E-state index < -0.39 is 0 Å². The molecule has 0 bridgehead atoms. The molecule has 2 aromatic carbocycles. The number of para-hydroxylation sites is 1. The van der Waals surface area contributed by atoms with Crippen LogP contribution in [0.5, 0.6) is 0 Å². The largest absolute Gasteiger partial charge is 0.362 e. The molecule has 8 heteroatoms. The van der Waals surface area contributed by atoms with Crippen LogP contribution in [0.4, 0.5) is 11.8 Å². The van der Waals surface area contributed by atoms with E-state index in [1.54, 1.807) is 12.1 Å². The van der Waals surface area contributed by atoms with Gasteiger partial charge in [-0.25, -0.2) is 4.98 Å². The molecule has 0 aliphatic heterocycles. The lowest BCUT2D eigenvalue weighted by Gasteiger charge is -2.28. The van der Waals surface area contributed by atoms with Gasteiger partial charge in [-0.3, -0.25) is 4.79 Å². The molecule has 4 rings (SSSR count). The van der Waals surface area contributed by atoms with Crippen molar-refractivity contribution in [1.82, 2.24) is 15.3 Å². The summed E-state index contributed by atoms with van der Waals surface area (Å²) in [6, 6.07) is 13.6. The maximum absolute atomic E-state index is 12.6. The Morgan fingerprint density at radius 2 is 1.81 bits per heavy atom. The van der Waals surface area contributed by atoms with Gasteiger partial charge in [0.1, 0.15) is 5.82 Å². The first-order valence-electron chi connectivity index (χ1n) is 10.8. The number of anilines is 2. The van der Waals surface area contributed by atoms with Crippen LogP contribution < -0.4 is 15.5 Å². The third-order valence-corrected chi connectivity index (χ3v) is 6.49. The Morgan fingerprint density at radius 3 is 2.53 bits per heavy atom. The van der Waals surface area contributed by atoms with Gasteiger partial charge in [-0.1, -0.05) is 41.4 Å². The maximum atomic E-state index is 12.6. The van der Waals surface area contributed by atoms with Crippen molar-refractivity contribution in [2.24, 2.45) is 5.92 Å². The minimum Gasteiger partial charge on any atom is -0.362 e. The third kappa shape index (κ3) is 5.25. The van der Waals surface area contributed by atoms with Crippen LogP contribution in [-0.2, 0) is 11.3 Å². The Hall–Kier alpha value is -2.57. The van der Waals surface area contributed by atoms with E-state index >= 15 is 0 Å². The van der Waals surface area contributed by atoms with Gasteiger partial charge in [-0.05, 0) is 55.5 Å². The number of nitrogens with zero attached hydrogens (tertiary/aromatic N) is 3. The van der Waals surface area contributed by atoms with E-state index in [9.17, 15) is 4.79 Å². The van der Waals surface area contributed by atoms with E-state index in [0.717, 1.165) is 48.0 Å². The smallest absolute Gasteiger partial charge is 0.225 e. The van der Waals surface area contributed by atoms with Crippen LogP contribution >= 0.6 is 23.2 Å². The molecule has 1 saturated carbocycles. The summed E-state index contributed by atoms with van der Waals surface area (Å²) in [4.78, 5) is 24.1. The molecule has 0 radical (unpaired) electrons. The minimum atomic E-state index is 0.00832. The van der Waals surface area contributed by atoms with E-state index in [-0.39, 0.29) is 17.9 Å². The van der Waals surface area contributed by atoms with Gasteiger partial charge in [0.05, 0.1) is 5.52 Å². The topological polar surface area (TPSA) is 70.2 Å². The number of amides is 1. The molecular formula is C24H27Cl2N5O. The highest BCUT2D eigenvalue weighted by Crippen LogP contribution is 2.29. The molecule has 32 heavy (non-hydrogen) atoms. The maximum Gasteiger partial charge on any atom is 0.225 e. The molecule has 1 aromatic heterocycles. The average Bonchev–Trinajstić information content (AvgIpc) is 2.78. The van der Waals surface area contributed by atoms with Gasteiger partial charge in [0.2, 0.25) is 11.9 Å². The lowest BCUT2D eigenvalue weighted by atomic mass is 9.85. The first-order valence-corrected chi connectivity index (χ1v) is 11.6. The zero-order chi connectivity index (χ0) is 22.7. The molecular weight excluding hydrogens is 445 g/mol. The van der Waals surface area contributed by atoms with Crippen LogP contribution in [-0.4, -0.2) is 36.0 Å². The number of halogens is 2. The van der Waals surface area contributed by atoms with Gasteiger partial charge in [0.25, 0.3) is 0 Å². The number of benzene rings is 2. The average molecular weight is 472 g/mol. The van der Waals surface area contributed by atoms with Crippen LogP contribution in [0.15, 0.2) is 42.5 Å². The van der Waals surface area contributed by atoms with Crippen molar-refractivity contribution >= 4 is 51.8 Å². The molecule has 6 nitrogen and oxygen atoms in total. The number of aromatic nitrogens is 2. The van der Waals surface area contributed by atoms with E-state index in [1.165, 1.54) is 0 Å². The molecule has 0 saturated heterocycles. The fourth-order valence-corrected chi connectivity index (χ4v) is 4.61. The van der Waals surface area contributed by atoms with Gasteiger partial charge in [0, 0.05) is 48.0 Å². The molecule has 168 valence electrons. The molecule has 1 aliphatic carbocycles. The number of carbonyl (C=O) groups excluding carboxylic acids is 1. The van der Waals surface area contributed by atoms with Crippen molar-refractivity contribution in [2.75, 3.05) is 24.3 Å². The predicted molar refractivity (Wildman–Crippen MR) is 132 cm³/mol. The Bertz CT molecular complexity index is 1110. The summed E-state index contributed by atoms with van der Waals surface area (Å²) >= 11 is 12.1. The monoisotopic (exact) mass is 471 g/mol. The van der Waals surface area contributed by atoms with Gasteiger partial charge >= 0.3 is 0 Å². The number of rotatable bonds is 6. The van der Waals surface area contributed by atoms with Crippen LogP contribution in [0.25, 0.3) is 10.9 Å². The fourth-order valence-electron chi connectivity index (χ4n) is 4.14. The molecule has 0 spiro atoms. The molecule has 0 atom stereocenters. The summed E-state index contributed by atoms with van der Waals surface area (Å²) in [6.45, 7) is 0.408. The number of hydrogen-bond acceptors (Lipinski definition) is 5. The predicted octanol–water partition coefficient (Wildman–Crippen LogP) is 5.29. The molecule has 1 heterocycles. The number of nitrogens with one attached hydrogen (secondary N) is 2. The number of fused-ring (bicyclic) bond motifs is 1. The standard InChI is InChI=1S/C24H27Cl2N5O/c1-31(2)22-19-5-3-4-6-21(19)29-24(30-22)28-18-11-8-15(9-12-18)23(32)27-14-16-7-10-17(25)13-20(16)26/h3-7,10,13,15,18H,8-9,11-12,14H2,1-2H3,(H,27,32)(H,28,29,30)/t15-,18+. The molecule has 1 amide bonds. The van der Waals surface area contributed by atoms with Gasteiger partial charge in [-0.2, -0.15) is 4.98 Å². The second-order valence-corrected chi connectivity index (χ2v) is 9.27. The molecule has 0 unspecified atom stereocenters. The van der Waals surface area contributed by atoms with Crippen molar-refractivity contribution in [2.45, 2.75) is 38.3 Å². The highest BCUT2D eigenvalue weighted by atomic mass is 35.5. The van der Waals surface area contributed by atoms with E-state index in [4.69, 9.17) is 33.2 Å². The van der Waals surface area contributed by atoms with Crippen molar-refractivity contribution in [1.29, 1.82) is 0 Å². The van der Waals surface area contributed by atoms with Gasteiger partial charge < -0.3 is 15.5 Å². The fraction of sp³-hybridized carbons (Fsp3) is 0.375. The molecule has 2 N–H and O–H groups in total. The first kappa shape index (κ1) is 22.6. The first-order chi connectivity index (χ1) is 15.4. The normalized spacial score (nSPS) is 18.4. The zero-order valence-corrected chi connectivity index (χ0v) is 19.7. The highest BCUT2D eigenvalue weighted by Gasteiger charge is 2.27. The van der Waals surface area contributed by atoms with Crippen molar-refractivity contribution in [3.8, 4) is 0 Å². The number of carbonyl (C=O) groups is 1. The molecule has 3 aromatic rings. The lowest BCUT2D eigenvalue weighted by molar-refractivity contribution is -0.126. The van der Waals surface area contributed by atoms with Crippen LogP contribution in [0.3, 0.4) is 0 Å². The van der Waals surface area contributed by atoms with Crippen LogP contribution in [0.1, 0.15) is 31.2 Å². The van der Waals surface area contributed by atoms with E-state index in [2.05, 4.69) is 10.6 Å². The third-order valence-electron chi connectivity index (χ3n) is 5.91. The van der Waals surface area contributed by atoms with Crippen molar-refractivity contribution in [3.05, 3.63) is 58.1 Å². The van der Waals surface area contributed by atoms with E-state index in [1.807, 2.05) is 49.3 Å². The Labute approximate surface area is 198 Å². The quantitative estimate of drug-likeness (QED) is 0.510. The summed E-state index contributed by atoms with van der Waals surface area (Å²) in [7, 11) is 3.97. The summed E-state index contributed by atoms with van der Waals surface area (Å²) in [5, 5.41) is 8.69. The highest BCUT2D eigenvalue weighted by molar-refractivity contribution is 6.35. The zero-order valence-electron chi connectivity index (χ0n) is 18.2. The second kappa shape index (κ2) is 9.92. The minimum absolute atomic E-state index is 0.00832. The second-order valence-electron chi connectivity index (χ2n) is 8.43. The van der Waals surface area contributed by atoms with Crippen LogP contribution in [0.2, 0.25) is 10.0 Å². The van der Waals surface area contributed by atoms with Crippen LogP contribution in [0, 0.1) is 5.92 Å².